The van der Waals surface area contributed by atoms with E-state index in [2.05, 4.69) is 47.9 Å². The second-order valence-corrected chi connectivity index (χ2v) is 11.4. The minimum absolute atomic E-state index is 0. The summed E-state index contributed by atoms with van der Waals surface area (Å²) in [5, 5.41) is 5.09. The lowest BCUT2D eigenvalue weighted by Gasteiger charge is -2.44. The van der Waals surface area contributed by atoms with Gasteiger partial charge in [-0.15, -0.1) is 24.0 Å². The van der Waals surface area contributed by atoms with E-state index < -0.39 is 46.6 Å². The van der Waals surface area contributed by atoms with Crippen LogP contribution >= 0.6 is 61.2 Å². The van der Waals surface area contributed by atoms with Gasteiger partial charge in [0.15, 0.2) is 0 Å². The minimum atomic E-state index is -1.27. The third kappa shape index (κ3) is 14.4. The molecule has 2 amide bonds. The van der Waals surface area contributed by atoms with Crippen molar-refractivity contribution in [1.29, 1.82) is 0 Å². The first-order valence-electron chi connectivity index (χ1n) is 12.5. The van der Waals surface area contributed by atoms with Gasteiger partial charge < -0.3 is 29.6 Å². The molecule has 0 aromatic rings. The van der Waals surface area contributed by atoms with Gasteiger partial charge in [0.2, 0.25) is 0 Å². The fraction of sp³-hybridized carbons (Fsp3) is 0.840. The zero-order valence-electron chi connectivity index (χ0n) is 24.2. The van der Waals surface area contributed by atoms with Crippen molar-refractivity contribution in [2.75, 3.05) is 13.2 Å². The molecule has 0 radical (unpaired) electrons. The van der Waals surface area contributed by atoms with E-state index in [4.69, 9.17) is 18.9 Å². The summed E-state index contributed by atoms with van der Waals surface area (Å²) in [4.78, 5) is 47.0. The van der Waals surface area contributed by atoms with E-state index in [1.54, 1.807) is 55.4 Å². The van der Waals surface area contributed by atoms with E-state index in [1.807, 2.05) is 6.92 Å². The van der Waals surface area contributed by atoms with Crippen LogP contribution in [0, 0.1) is 5.92 Å². The molecule has 230 valence electrons. The van der Waals surface area contributed by atoms with Gasteiger partial charge in [0.1, 0.15) is 28.5 Å². The number of hydrogen-bond donors (Lipinski definition) is 2. The van der Waals surface area contributed by atoms with Crippen LogP contribution in [0.4, 0.5) is 14.0 Å². The molecule has 0 unspecified atom stereocenters. The second kappa shape index (κ2) is 17.5. The first-order valence-corrected chi connectivity index (χ1v) is 18.8. The highest BCUT2D eigenvalue weighted by Gasteiger charge is 2.54. The number of alkyl halides is 1. The lowest BCUT2D eigenvalue weighted by molar-refractivity contribution is -0.158. The quantitative estimate of drug-likeness (QED) is 0.174. The maximum Gasteiger partial charge on any atom is 0.408 e. The van der Waals surface area contributed by atoms with E-state index in [9.17, 15) is 23.6 Å². The Kier molecular flexibility index (Phi) is 18.3. The van der Waals surface area contributed by atoms with Crippen molar-refractivity contribution in [3.8, 4) is 0 Å². The Bertz CT molecular complexity index is 740. The van der Waals surface area contributed by atoms with Crippen molar-refractivity contribution in [3.63, 3.8) is 0 Å². The van der Waals surface area contributed by atoms with Gasteiger partial charge in [0.05, 0.1) is 13.2 Å². The van der Waals surface area contributed by atoms with E-state index in [0.717, 1.165) is 0 Å². The third-order valence-electron chi connectivity index (χ3n) is 5.35. The van der Waals surface area contributed by atoms with Crippen LogP contribution in [0.25, 0.3) is 0 Å². The Labute approximate surface area is 272 Å². The number of carbonyl (C=O) groups excluding carboxylic acids is 4. The van der Waals surface area contributed by atoms with Crippen molar-refractivity contribution in [2.24, 2.45) is 5.92 Å². The first-order chi connectivity index (χ1) is 17.4. The molecule has 2 fully saturated rings. The van der Waals surface area contributed by atoms with E-state index in [-0.39, 0.29) is 49.4 Å². The number of amides is 2. The largest absolute Gasteiger partial charge is 0.464 e. The predicted octanol–water partition coefficient (Wildman–Crippen LogP) is 6.58. The van der Waals surface area contributed by atoms with E-state index >= 15 is 0 Å². The van der Waals surface area contributed by atoms with Crippen molar-refractivity contribution >= 4 is 85.3 Å². The van der Waals surface area contributed by atoms with Crippen molar-refractivity contribution in [1.82, 2.24) is 10.6 Å². The van der Waals surface area contributed by atoms with Crippen LogP contribution in [-0.2, 0) is 28.5 Å². The van der Waals surface area contributed by atoms with E-state index in [0.29, 0.717) is 25.4 Å². The molecule has 2 aliphatic rings. The molecule has 0 saturated heterocycles. The minimum Gasteiger partial charge on any atom is -0.464 e. The molecule has 0 atom stereocenters. The molecular formula is C25H44FI3N2O8. The van der Waals surface area contributed by atoms with Gasteiger partial charge in [-0.05, 0) is 74.1 Å². The summed E-state index contributed by atoms with van der Waals surface area (Å²) in [5.41, 5.74) is -3.40. The summed E-state index contributed by atoms with van der Waals surface area (Å²) >= 11 is 4.24. The molecule has 2 saturated carbocycles. The Hall–Kier alpha value is -0.400. The number of nitrogens with one attached hydrogen (secondary N) is 2. The lowest BCUT2D eigenvalue weighted by Crippen LogP contribution is -2.64. The van der Waals surface area contributed by atoms with Gasteiger partial charge >= 0.3 is 24.1 Å². The van der Waals surface area contributed by atoms with Crippen molar-refractivity contribution in [2.45, 2.75) is 116 Å². The fourth-order valence-corrected chi connectivity index (χ4v) is 4.00. The third-order valence-corrected chi connectivity index (χ3v) is 5.35. The first kappa shape index (κ1) is 40.7. The Morgan fingerprint density at radius 3 is 1.31 bits per heavy atom. The van der Waals surface area contributed by atoms with Gasteiger partial charge in [0.25, 0.3) is 0 Å². The van der Waals surface area contributed by atoms with E-state index in [1.165, 1.54) is 0 Å². The van der Waals surface area contributed by atoms with Crippen LogP contribution < -0.4 is 10.6 Å². The van der Waals surface area contributed by atoms with Crippen molar-refractivity contribution < 1.29 is 42.5 Å². The second-order valence-electron chi connectivity index (χ2n) is 11.4. The summed E-state index contributed by atoms with van der Waals surface area (Å²) in [5.74, 6) is -0.567. The number of esters is 2. The van der Waals surface area contributed by atoms with Gasteiger partial charge in [-0.25, -0.2) is 23.6 Å². The average molecular weight is 899 g/mol. The number of ether oxygens (including phenoxy) is 4. The number of alkyl carbamates (subject to hydrolysis) is 2. The SMILES string of the molecule is CCOC(=O)C1(NC(=O)OC(C)(C)C)CC(C)C1.CCOC(=O)C1(NC(=O)OC(C)(C)C)CC([18F])C1.I.II. The molecule has 0 aromatic carbocycles. The Balaban J connectivity index is 0. The molecular weight excluding hydrogens is 855 g/mol. The molecule has 2 rings (SSSR count). The molecule has 0 bridgehead atoms. The molecule has 0 aliphatic heterocycles. The summed E-state index contributed by atoms with van der Waals surface area (Å²) < 4.78 is 33.1. The predicted molar refractivity (Wildman–Crippen MR) is 173 cm³/mol. The molecule has 0 aromatic heterocycles. The molecule has 10 nitrogen and oxygen atoms in total. The van der Waals surface area contributed by atoms with Crippen LogP contribution in [-0.4, -0.2) is 65.8 Å². The summed E-state index contributed by atoms with van der Waals surface area (Å²) in [7, 11) is 0. The smallest absolute Gasteiger partial charge is 0.408 e. The fourth-order valence-electron chi connectivity index (χ4n) is 4.00. The van der Waals surface area contributed by atoms with Gasteiger partial charge in [0, 0.05) is 50.1 Å². The van der Waals surface area contributed by atoms with Crippen LogP contribution in [0.2, 0.25) is 0 Å². The molecule has 39 heavy (non-hydrogen) atoms. The summed E-state index contributed by atoms with van der Waals surface area (Å²) in [6.07, 6.45) is -1.32. The summed E-state index contributed by atoms with van der Waals surface area (Å²) in [6.45, 7) is 16.4. The van der Waals surface area contributed by atoms with Crippen LogP contribution in [0.1, 0.15) is 88.0 Å². The lowest BCUT2D eigenvalue weighted by atomic mass is 9.69. The average Bonchev–Trinajstić information content (AvgIpc) is 2.70. The molecule has 14 heteroatoms. The molecule has 0 heterocycles. The van der Waals surface area contributed by atoms with Crippen LogP contribution in [0.15, 0.2) is 0 Å². The highest BCUT2D eigenvalue weighted by Crippen LogP contribution is 2.39. The summed E-state index contributed by atoms with van der Waals surface area (Å²) in [6, 6.07) is 0. The monoisotopic (exact) mass is 899 g/mol. The maximum absolute atomic E-state index is 13.0. The molecule has 0 spiro atoms. The number of rotatable bonds is 6. The van der Waals surface area contributed by atoms with Crippen LogP contribution in [0.5, 0.6) is 0 Å². The maximum atomic E-state index is 13.0. The standard InChI is InChI=1S/C13H23NO4.C12H20FNO4.I2.HI/c1-6-17-10(15)13(7-9(2)8-13)14-11(16)18-12(3,4)5;1-5-17-9(15)12(6-8(13)7-12)14-10(16)18-11(2,3)4;1-2;/h9H,6-8H2,1-5H3,(H,14,16);8H,5-7H2,1-4H3,(H,14,16);;1H/i;13-1;;. The molecule has 2 aliphatic carbocycles. The normalized spacial score (nSPS) is 25.1. The Morgan fingerprint density at radius 2 is 1.08 bits per heavy atom. The highest BCUT2D eigenvalue weighted by molar-refractivity contribution is 15.0. The van der Waals surface area contributed by atoms with Crippen molar-refractivity contribution in [3.05, 3.63) is 0 Å². The number of hydrogen-bond acceptors (Lipinski definition) is 8. The molecule has 2 N–H and O–H groups in total. The topological polar surface area (TPSA) is 129 Å². The Morgan fingerprint density at radius 1 is 0.769 bits per heavy atom. The van der Waals surface area contributed by atoms with Crippen LogP contribution in [0.3, 0.4) is 0 Å². The van der Waals surface area contributed by atoms with Gasteiger partial charge in [-0.1, -0.05) is 6.92 Å². The zero-order chi connectivity index (χ0) is 29.9. The zero-order valence-corrected chi connectivity index (χ0v) is 30.9. The van der Waals surface area contributed by atoms with Gasteiger partial charge in [-0.2, -0.15) is 0 Å². The van der Waals surface area contributed by atoms with Gasteiger partial charge in [-0.3, -0.25) is 0 Å². The highest BCUT2D eigenvalue weighted by atomic mass is 128. The number of carbonyl (C=O) groups is 4. The number of halogens is 4.